The van der Waals surface area contributed by atoms with Crippen LogP contribution in [0.15, 0.2) is 4.52 Å². The van der Waals surface area contributed by atoms with Crippen LogP contribution in [0, 0.1) is 0 Å². The number of nitrogens with zero attached hydrogens (tertiary/aromatic N) is 2. The molecule has 1 N–H and O–H groups in total. The minimum absolute atomic E-state index is 0.0174. The molecule has 0 radical (unpaired) electrons. The molecule has 2 aliphatic rings. The van der Waals surface area contributed by atoms with E-state index in [0.29, 0.717) is 21.6 Å². The van der Waals surface area contributed by atoms with E-state index >= 15 is 0 Å². The summed E-state index contributed by atoms with van der Waals surface area (Å²) in [6.07, 6.45) is -0.342. The molecule has 0 bridgehead atoms. The Morgan fingerprint density at radius 2 is 2.05 bits per heavy atom. The van der Waals surface area contributed by atoms with Gasteiger partial charge in [-0.3, -0.25) is 0 Å². The lowest BCUT2D eigenvalue weighted by Gasteiger charge is -2.29. The van der Waals surface area contributed by atoms with Crippen molar-refractivity contribution in [3.8, 4) is 0 Å². The first-order valence-corrected chi connectivity index (χ1v) is 9.66. The van der Waals surface area contributed by atoms with E-state index in [0.717, 1.165) is 23.1 Å². The largest absolute Gasteiger partial charge is 0.391 e. The Morgan fingerprint density at radius 1 is 1.21 bits per heavy atom. The monoisotopic (exact) mass is 318 g/mol. The average Bonchev–Trinajstić information content (AvgIpc) is 3.01. The summed E-state index contributed by atoms with van der Waals surface area (Å²) in [5, 5.41) is 15.6. The molecule has 19 heavy (non-hydrogen) atoms. The molecule has 0 aromatic carbocycles. The molecule has 1 aromatic rings. The van der Waals surface area contributed by atoms with Crippen molar-refractivity contribution >= 4 is 35.3 Å². The molecule has 3 rings (SSSR count). The van der Waals surface area contributed by atoms with Gasteiger partial charge in [-0.25, -0.2) is 0 Å². The summed E-state index contributed by atoms with van der Waals surface area (Å²) in [7, 11) is 0. The second-order valence-electron chi connectivity index (χ2n) is 5.07. The average molecular weight is 318 g/mol. The molecule has 0 amide bonds. The van der Waals surface area contributed by atoms with Crippen LogP contribution >= 0.6 is 35.3 Å². The summed E-state index contributed by atoms with van der Waals surface area (Å²) in [5.41, 5.74) is 0. The smallest absolute Gasteiger partial charge is 0.233 e. The second-order valence-corrected chi connectivity index (χ2v) is 9.14. The van der Waals surface area contributed by atoms with E-state index in [4.69, 9.17) is 4.52 Å². The van der Waals surface area contributed by atoms with Gasteiger partial charge in [-0.15, -0.1) is 11.8 Å². The van der Waals surface area contributed by atoms with Crippen LogP contribution in [0.4, 0.5) is 0 Å². The molecule has 2 fully saturated rings. The third kappa shape index (κ3) is 2.94. The van der Waals surface area contributed by atoms with Gasteiger partial charge in [0.25, 0.3) is 0 Å². The van der Waals surface area contributed by atoms with Gasteiger partial charge in [0, 0.05) is 27.8 Å². The van der Waals surface area contributed by atoms with Crippen LogP contribution in [0.1, 0.15) is 36.7 Å². The molecule has 0 saturated carbocycles. The number of aliphatic hydroxyl groups is 1. The molecule has 0 spiro atoms. The van der Waals surface area contributed by atoms with Crippen LogP contribution in [0.5, 0.6) is 0 Å². The van der Waals surface area contributed by atoms with Crippen LogP contribution in [-0.2, 0) is 0 Å². The lowest BCUT2D eigenvalue weighted by molar-refractivity contribution is 0.164. The van der Waals surface area contributed by atoms with Crippen LogP contribution in [0.2, 0.25) is 0 Å². The first kappa shape index (κ1) is 14.1. The number of hydrogen-bond acceptors (Lipinski definition) is 7. The molecule has 5 atom stereocenters. The highest BCUT2D eigenvalue weighted by molar-refractivity contribution is 8.07. The normalized spacial score (nSPS) is 39.6. The number of aliphatic hydroxyl groups excluding tert-OH is 1. The molecule has 2 saturated heterocycles. The zero-order valence-corrected chi connectivity index (χ0v) is 13.4. The summed E-state index contributed by atoms with van der Waals surface area (Å²) in [6.45, 7) is 4.53. The van der Waals surface area contributed by atoms with Crippen LogP contribution in [-0.4, -0.2) is 49.1 Å². The van der Waals surface area contributed by atoms with Gasteiger partial charge in [-0.05, 0) is 0 Å². The molecular formula is C12H18N2O2S3. The third-order valence-electron chi connectivity index (χ3n) is 3.66. The summed E-state index contributed by atoms with van der Waals surface area (Å²) < 4.78 is 5.38. The Labute approximate surface area is 125 Å². The standard InChI is InChI=1S/C12H18N2O2S3/c1-6-7(2)19-10(5-18-6)11-13-12(16-14-11)8-3-17-4-9(8)15/h6-10,15H,3-5H2,1-2H3. The van der Waals surface area contributed by atoms with Crippen LogP contribution in [0.3, 0.4) is 0 Å². The van der Waals surface area contributed by atoms with Crippen LogP contribution in [0.25, 0.3) is 0 Å². The topological polar surface area (TPSA) is 59.2 Å². The Kier molecular flexibility index (Phi) is 4.36. The molecule has 106 valence electrons. The summed E-state index contributed by atoms with van der Waals surface area (Å²) in [4.78, 5) is 4.54. The van der Waals surface area contributed by atoms with E-state index in [9.17, 15) is 5.11 Å². The van der Waals surface area contributed by atoms with Gasteiger partial charge in [0.05, 0.1) is 17.3 Å². The van der Waals surface area contributed by atoms with E-state index in [-0.39, 0.29) is 12.0 Å². The highest BCUT2D eigenvalue weighted by Crippen LogP contribution is 2.43. The third-order valence-corrected chi connectivity index (χ3v) is 8.22. The molecule has 0 aliphatic carbocycles. The quantitative estimate of drug-likeness (QED) is 0.899. The predicted molar refractivity (Wildman–Crippen MR) is 82.1 cm³/mol. The maximum Gasteiger partial charge on any atom is 0.233 e. The van der Waals surface area contributed by atoms with Crippen molar-refractivity contribution in [1.82, 2.24) is 10.1 Å². The van der Waals surface area contributed by atoms with Gasteiger partial charge >= 0.3 is 0 Å². The first-order chi connectivity index (χ1) is 9.15. The molecule has 2 aliphatic heterocycles. The van der Waals surface area contributed by atoms with Gasteiger partial charge < -0.3 is 9.63 Å². The number of rotatable bonds is 2. The Bertz CT molecular complexity index is 442. The van der Waals surface area contributed by atoms with E-state index in [1.807, 2.05) is 23.5 Å². The predicted octanol–water partition coefficient (Wildman–Crippen LogP) is 2.56. The summed E-state index contributed by atoms with van der Waals surface area (Å²) >= 11 is 5.65. The van der Waals surface area contributed by atoms with E-state index in [1.165, 1.54) is 0 Å². The highest BCUT2D eigenvalue weighted by atomic mass is 32.2. The van der Waals surface area contributed by atoms with Crippen molar-refractivity contribution in [3.05, 3.63) is 11.7 Å². The van der Waals surface area contributed by atoms with Crippen molar-refractivity contribution < 1.29 is 9.63 Å². The molecular weight excluding hydrogens is 300 g/mol. The minimum Gasteiger partial charge on any atom is -0.391 e. The van der Waals surface area contributed by atoms with Crippen molar-refractivity contribution in [2.45, 2.75) is 41.6 Å². The molecule has 7 heteroatoms. The molecule has 3 heterocycles. The van der Waals surface area contributed by atoms with Gasteiger partial charge in [-0.2, -0.15) is 28.5 Å². The fourth-order valence-corrected chi connectivity index (χ4v) is 6.29. The van der Waals surface area contributed by atoms with Crippen molar-refractivity contribution in [2.75, 3.05) is 17.3 Å². The zero-order chi connectivity index (χ0) is 13.4. The summed E-state index contributed by atoms with van der Waals surface area (Å²) in [5.74, 6) is 4.12. The number of hydrogen-bond donors (Lipinski definition) is 1. The Balaban J connectivity index is 1.71. The molecule has 1 aromatic heterocycles. The minimum atomic E-state index is -0.342. The van der Waals surface area contributed by atoms with Crippen molar-refractivity contribution in [3.63, 3.8) is 0 Å². The second kappa shape index (κ2) is 5.87. The van der Waals surface area contributed by atoms with Gasteiger partial charge in [0.1, 0.15) is 0 Å². The van der Waals surface area contributed by atoms with Crippen LogP contribution < -0.4 is 0 Å². The summed E-state index contributed by atoms with van der Waals surface area (Å²) in [6, 6.07) is 0. The first-order valence-electron chi connectivity index (χ1n) is 6.51. The lowest BCUT2D eigenvalue weighted by atomic mass is 10.1. The number of aromatic nitrogens is 2. The Morgan fingerprint density at radius 3 is 2.74 bits per heavy atom. The van der Waals surface area contributed by atoms with Gasteiger partial charge in [-0.1, -0.05) is 19.0 Å². The zero-order valence-electron chi connectivity index (χ0n) is 11.0. The molecule has 4 nitrogen and oxygen atoms in total. The Hall–Kier alpha value is 0.150. The van der Waals surface area contributed by atoms with Crippen molar-refractivity contribution in [1.29, 1.82) is 0 Å². The van der Waals surface area contributed by atoms with E-state index < -0.39 is 0 Å². The van der Waals surface area contributed by atoms with E-state index in [2.05, 4.69) is 24.0 Å². The lowest BCUT2D eigenvalue weighted by Crippen LogP contribution is -2.22. The number of thioether (sulfide) groups is 3. The highest BCUT2D eigenvalue weighted by Gasteiger charge is 2.34. The van der Waals surface area contributed by atoms with Gasteiger partial charge in [0.2, 0.25) is 5.89 Å². The van der Waals surface area contributed by atoms with E-state index in [1.54, 1.807) is 11.8 Å². The fraction of sp³-hybridized carbons (Fsp3) is 0.833. The maximum absolute atomic E-state index is 9.88. The molecule has 5 unspecified atom stereocenters. The maximum atomic E-state index is 9.88. The van der Waals surface area contributed by atoms with Crippen molar-refractivity contribution in [2.24, 2.45) is 0 Å². The SMILES string of the molecule is CC1SCC(c2noc(C3CSCC3O)n2)SC1C. The fourth-order valence-electron chi connectivity index (χ4n) is 2.23. The van der Waals surface area contributed by atoms with Gasteiger partial charge in [0.15, 0.2) is 5.82 Å².